The average Bonchev–Trinajstić information content (AvgIpc) is 2.46. The molecule has 4 nitrogen and oxygen atoms in total. The van der Waals surface area contributed by atoms with Gasteiger partial charge in [0.15, 0.2) is 0 Å². The molecule has 0 radical (unpaired) electrons. The van der Waals surface area contributed by atoms with Gasteiger partial charge in [-0.15, -0.1) is 0 Å². The zero-order chi connectivity index (χ0) is 16.1. The van der Waals surface area contributed by atoms with E-state index in [1.807, 2.05) is 12.1 Å². The monoisotopic (exact) mass is 324 g/mol. The maximum atomic E-state index is 12.3. The second-order valence-electron chi connectivity index (χ2n) is 6.42. The average molecular weight is 325 g/mol. The Kier molecular flexibility index (Phi) is 6.09. The molecule has 0 bridgehead atoms. The van der Waals surface area contributed by atoms with Gasteiger partial charge in [0.2, 0.25) is 5.91 Å². The summed E-state index contributed by atoms with van der Waals surface area (Å²) in [5, 5.41) is 6.84. The minimum absolute atomic E-state index is 0.0619. The summed E-state index contributed by atoms with van der Waals surface area (Å²) in [5.74, 6) is 1.23. The molecule has 1 aliphatic rings. The van der Waals surface area contributed by atoms with E-state index in [9.17, 15) is 4.79 Å². The lowest BCUT2D eigenvalue weighted by atomic mass is 9.92. The summed E-state index contributed by atoms with van der Waals surface area (Å²) in [4.78, 5) is 12.3. The molecule has 0 unspecified atom stereocenters. The highest BCUT2D eigenvalue weighted by Gasteiger charge is 2.24. The van der Waals surface area contributed by atoms with Crippen LogP contribution < -0.4 is 15.4 Å². The van der Waals surface area contributed by atoms with Gasteiger partial charge in [0.05, 0.1) is 11.6 Å². The minimum Gasteiger partial charge on any atom is -0.492 e. The molecule has 5 heteroatoms. The number of hydrogen-bond donors (Lipinski definition) is 2. The van der Waals surface area contributed by atoms with Crippen molar-refractivity contribution in [2.45, 2.75) is 39.7 Å². The van der Waals surface area contributed by atoms with Crippen molar-refractivity contribution < 1.29 is 9.53 Å². The number of carbonyl (C=O) groups is 1. The molecule has 22 heavy (non-hydrogen) atoms. The van der Waals surface area contributed by atoms with E-state index in [1.54, 1.807) is 6.07 Å². The Morgan fingerprint density at radius 2 is 2.27 bits per heavy atom. The van der Waals surface area contributed by atoms with Crippen molar-refractivity contribution in [1.82, 2.24) is 5.32 Å². The van der Waals surface area contributed by atoms with Gasteiger partial charge >= 0.3 is 0 Å². The van der Waals surface area contributed by atoms with Crippen LogP contribution in [0.15, 0.2) is 18.2 Å². The Morgan fingerprint density at radius 1 is 1.50 bits per heavy atom. The van der Waals surface area contributed by atoms with Crippen molar-refractivity contribution in [3.63, 3.8) is 0 Å². The molecule has 0 aromatic heterocycles. The molecule has 0 saturated carbocycles. The Balaban J connectivity index is 1.95. The number of carbonyl (C=O) groups excluding carboxylic acids is 1. The summed E-state index contributed by atoms with van der Waals surface area (Å²) in [7, 11) is 0. The van der Waals surface area contributed by atoms with Gasteiger partial charge in [-0.25, -0.2) is 0 Å². The van der Waals surface area contributed by atoms with Crippen LogP contribution in [0.2, 0.25) is 5.02 Å². The van der Waals surface area contributed by atoms with Crippen LogP contribution in [-0.2, 0) is 4.79 Å². The molecule has 122 valence electrons. The number of halogens is 1. The smallest absolute Gasteiger partial charge is 0.227 e. The number of anilines is 1. The molecule has 1 heterocycles. The molecular formula is C17H25ClN2O2. The molecule has 2 rings (SSSR count). The lowest BCUT2D eigenvalue weighted by Crippen LogP contribution is -2.40. The van der Waals surface area contributed by atoms with Crippen molar-refractivity contribution in [3.05, 3.63) is 23.2 Å². The van der Waals surface area contributed by atoms with E-state index in [1.165, 1.54) is 0 Å². The highest BCUT2D eigenvalue weighted by Crippen LogP contribution is 2.28. The lowest BCUT2D eigenvalue weighted by Gasteiger charge is -2.27. The number of benzene rings is 1. The highest BCUT2D eigenvalue weighted by atomic mass is 35.5. The van der Waals surface area contributed by atoms with Gasteiger partial charge in [0.1, 0.15) is 5.75 Å². The molecule has 1 aliphatic heterocycles. The standard InChI is InChI=1S/C17H25ClN2O2/c1-11(2)10-22-16-5-4-14(9-15(16)18)20-17(21)13-6-7-19-12(3)8-13/h4-5,9,11-13,19H,6-8,10H2,1-3H3,(H,20,21)/t12-,13-/m0/s1. The predicted octanol–water partition coefficient (Wildman–Crippen LogP) is 3.70. The molecular weight excluding hydrogens is 300 g/mol. The molecule has 0 spiro atoms. The third-order valence-electron chi connectivity index (χ3n) is 3.77. The van der Waals surface area contributed by atoms with Crippen LogP contribution in [0.4, 0.5) is 5.69 Å². The number of nitrogens with one attached hydrogen (secondary N) is 2. The normalized spacial score (nSPS) is 21.7. The Morgan fingerprint density at radius 3 is 2.91 bits per heavy atom. The van der Waals surface area contributed by atoms with E-state index in [2.05, 4.69) is 31.4 Å². The van der Waals surface area contributed by atoms with E-state index in [4.69, 9.17) is 16.3 Å². The summed E-state index contributed by atoms with van der Waals surface area (Å²) >= 11 is 6.22. The Labute approximate surface area is 137 Å². The number of piperidine rings is 1. The fourth-order valence-electron chi connectivity index (χ4n) is 2.57. The zero-order valence-electron chi connectivity index (χ0n) is 13.5. The largest absolute Gasteiger partial charge is 0.492 e. The quantitative estimate of drug-likeness (QED) is 0.868. The van der Waals surface area contributed by atoms with Crippen molar-refractivity contribution in [2.75, 3.05) is 18.5 Å². The first-order valence-electron chi connectivity index (χ1n) is 7.92. The fourth-order valence-corrected chi connectivity index (χ4v) is 2.80. The molecule has 1 amide bonds. The number of hydrogen-bond acceptors (Lipinski definition) is 3. The predicted molar refractivity (Wildman–Crippen MR) is 90.6 cm³/mol. The maximum Gasteiger partial charge on any atom is 0.227 e. The summed E-state index contributed by atoms with van der Waals surface area (Å²) in [6.45, 7) is 7.79. The molecule has 2 N–H and O–H groups in total. The highest BCUT2D eigenvalue weighted by molar-refractivity contribution is 6.32. The van der Waals surface area contributed by atoms with Crippen molar-refractivity contribution in [2.24, 2.45) is 11.8 Å². The van der Waals surface area contributed by atoms with Crippen LogP contribution in [0.5, 0.6) is 5.75 Å². The van der Waals surface area contributed by atoms with Gasteiger partial charge in [0.25, 0.3) is 0 Å². The van der Waals surface area contributed by atoms with Crippen LogP contribution >= 0.6 is 11.6 Å². The van der Waals surface area contributed by atoms with Gasteiger partial charge in [-0.05, 0) is 50.4 Å². The second-order valence-corrected chi connectivity index (χ2v) is 6.82. The fraction of sp³-hybridized carbons (Fsp3) is 0.588. The maximum absolute atomic E-state index is 12.3. The summed E-state index contributed by atoms with van der Waals surface area (Å²) in [5.41, 5.74) is 0.720. The summed E-state index contributed by atoms with van der Waals surface area (Å²) in [6.07, 6.45) is 1.74. The number of amides is 1. The molecule has 2 atom stereocenters. The van der Waals surface area contributed by atoms with Crippen molar-refractivity contribution in [3.8, 4) is 5.75 Å². The Hall–Kier alpha value is -1.26. The van der Waals surface area contributed by atoms with Gasteiger partial charge in [-0.1, -0.05) is 25.4 Å². The van der Waals surface area contributed by atoms with Crippen LogP contribution in [0.25, 0.3) is 0 Å². The molecule has 1 saturated heterocycles. The van der Waals surface area contributed by atoms with Crippen molar-refractivity contribution in [1.29, 1.82) is 0 Å². The van der Waals surface area contributed by atoms with Crippen LogP contribution in [0.1, 0.15) is 33.6 Å². The minimum atomic E-state index is 0.0619. The molecule has 1 aromatic carbocycles. The second kappa shape index (κ2) is 7.84. The first kappa shape index (κ1) is 17.1. The third kappa shape index (κ3) is 4.89. The third-order valence-corrected chi connectivity index (χ3v) is 4.06. The molecule has 1 fully saturated rings. The zero-order valence-corrected chi connectivity index (χ0v) is 14.2. The van der Waals surface area contributed by atoms with Gasteiger partial charge in [-0.2, -0.15) is 0 Å². The van der Waals surface area contributed by atoms with E-state index < -0.39 is 0 Å². The lowest BCUT2D eigenvalue weighted by molar-refractivity contribution is -0.120. The van der Waals surface area contributed by atoms with Gasteiger partial charge in [-0.3, -0.25) is 4.79 Å². The molecule has 0 aliphatic carbocycles. The first-order valence-corrected chi connectivity index (χ1v) is 8.30. The topological polar surface area (TPSA) is 50.4 Å². The van der Waals surface area contributed by atoms with E-state index in [0.717, 1.165) is 25.1 Å². The van der Waals surface area contributed by atoms with E-state index >= 15 is 0 Å². The molecule has 1 aromatic rings. The number of rotatable bonds is 5. The van der Waals surface area contributed by atoms with Crippen molar-refractivity contribution >= 4 is 23.2 Å². The van der Waals surface area contributed by atoms with E-state index in [0.29, 0.717) is 29.3 Å². The van der Waals surface area contributed by atoms with Gasteiger partial charge < -0.3 is 15.4 Å². The van der Waals surface area contributed by atoms with Crippen LogP contribution in [0, 0.1) is 11.8 Å². The van der Waals surface area contributed by atoms with Gasteiger partial charge in [0, 0.05) is 17.6 Å². The van der Waals surface area contributed by atoms with E-state index in [-0.39, 0.29) is 11.8 Å². The summed E-state index contributed by atoms with van der Waals surface area (Å²) in [6, 6.07) is 5.79. The SMILES string of the molecule is CC(C)COc1ccc(NC(=O)[C@H]2CCN[C@@H](C)C2)cc1Cl. The number of ether oxygens (including phenoxy) is 1. The summed E-state index contributed by atoms with van der Waals surface area (Å²) < 4.78 is 5.64. The van der Waals surface area contributed by atoms with Crippen LogP contribution in [0.3, 0.4) is 0 Å². The Bertz CT molecular complexity index is 519. The first-order chi connectivity index (χ1) is 10.5. The van der Waals surface area contributed by atoms with Crippen LogP contribution in [-0.4, -0.2) is 25.1 Å².